The first-order chi connectivity index (χ1) is 8.70. The smallest absolute Gasteiger partial charge is 0.322 e. The molecule has 110 valence electrons. The van der Waals surface area contributed by atoms with Crippen molar-refractivity contribution in [3.05, 3.63) is 0 Å². The summed E-state index contributed by atoms with van der Waals surface area (Å²) in [6.07, 6.45) is 3.44. The Morgan fingerprint density at radius 1 is 1.53 bits per heavy atom. The summed E-state index contributed by atoms with van der Waals surface area (Å²) in [6, 6.07) is 0. The zero-order chi connectivity index (χ0) is 14.4. The van der Waals surface area contributed by atoms with Crippen LogP contribution in [0.3, 0.4) is 0 Å². The van der Waals surface area contributed by atoms with Gasteiger partial charge >= 0.3 is 5.97 Å². The molecule has 3 nitrogen and oxygen atoms in total. The maximum atomic E-state index is 12.1. The third-order valence-corrected chi connectivity index (χ3v) is 6.48. The van der Waals surface area contributed by atoms with E-state index in [0.717, 1.165) is 25.7 Å². The van der Waals surface area contributed by atoms with E-state index >= 15 is 0 Å². The summed E-state index contributed by atoms with van der Waals surface area (Å²) in [4.78, 5) is 12.1. The molecule has 19 heavy (non-hydrogen) atoms. The molecular formula is C15H25IO3. The molecule has 2 rings (SSSR count). The first-order valence-corrected chi connectivity index (χ1v) is 8.41. The molecule has 1 N–H and O–H groups in total. The molecule has 2 fully saturated rings. The Labute approximate surface area is 129 Å². The van der Waals surface area contributed by atoms with E-state index in [1.807, 2.05) is 13.8 Å². The van der Waals surface area contributed by atoms with Gasteiger partial charge in [0.15, 0.2) is 0 Å². The molecule has 0 aromatic carbocycles. The van der Waals surface area contributed by atoms with Crippen molar-refractivity contribution >= 4 is 28.6 Å². The zero-order valence-electron chi connectivity index (χ0n) is 12.3. The number of hydrogen-bond acceptors (Lipinski definition) is 3. The largest absolute Gasteiger partial charge is 0.461 e. The molecule has 0 saturated heterocycles. The Hall–Kier alpha value is 0.160. The molecule has 0 amide bonds. The highest BCUT2D eigenvalue weighted by atomic mass is 127. The van der Waals surface area contributed by atoms with Crippen LogP contribution < -0.4 is 0 Å². The Bertz CT molecular complexity index is 366. The van der Waals surface area contributed by atoms with Gasteiger partial charge in [-0.3, -0.25) is 4.79 Å². The number of carbonyl (C=O) groups excluding carboxylic acids is 1. The van der Waals surface area contributed by atoms with Crippen LogP contribution in [-0.4, -0.2) is 26.2 Å². The third-order valence-electron chi connectivity index (χ3n) is 5.27. The maximum Gasteiger partial charge on any atom is 0.322 e. The second-order valence-corrected chi connectivity index (χ2v) is 9.15. The summed E-state index contributed by atoms with van der Waals surface area (Å²) in [6.45, 7) is 8.10. The van der Waals surface area contributed by atoms with Crippen molar-refractivity contribution in [1.29, 1.82) is 0 Å². The molecule has 0 radical (unpaired) electrons. The number of aliphatic hydroxyl groups is 1. The molecule has 0 heterocycles. The number of halogens is 1. The number of hydrogen-bond donors (Lipinski definition) is 1. The average Bonchev–Trinajstić information content (AvgIpc) is 2.86. The zero-order valence-corrected chi connectivity index (χ0v) is 14.4. The average molecular weight is 380 g/mol. The van der Waals surface area contributed by atoms with Crippen LogP contribution in [-0.2, 0) is 9.53 Å². The SMILES string of the molecule is CCC(C)(I)C(=O)OC1CC2CC1CC2(O)C(C)C. The number of alkyl halides is 1. The number of rotatable bonds is 4. The van der Waals surface area contributed by atoms with E-state index in [1.165, 1.54) is 0 Å². The van der Waals surface area contributed by atoms with Crippen molar-refractivity contribution in [2.75, 3.05) is 0 Å². The fraction of sp³-hybridized carbons (Fsp3) is 0.933. The minimum absolute atomic E-state index is 0.0252. The van der Waals surface area contributed by atoms with Crippen molar-refractivity contribution < 1.29 is 14.6 Å². The van der Waals surface area contributed by atoms with Crippen molar-refractivity contribution in [2.45, 2.75) is 68.5 Å². The van der Waals surface area contributed by atoms with Crippen molar-refractivity contribution in [3.63, 3.8) is 0 Å². The van der Waals surface area contributed by atoms with Gasteiger partial charge in [0.2, 0.25) is 0 Å². The van der Waals surface area contributed by atoms with Crippen LogP contribution >= 0.6 is 22.6 Å². The molecule has 0 aromatic rings. The van der Waals surface area contributed by atoms with Gasteiger partial charge in [-0.25, -0.2) is 0 Å². The second kappa shape index (κ2) is 5.17. The van der Waals surface area contributed by atoms with E-state index < -0.39 is 9.02 Å². The molecule has 2 saturated carbocycles. The summed E-state index contributed by atoms with van der Waals surface area (Å²) >= 11 is 2.18. The molecule has 0 spiro atoms. The molecule has 0 aliphatic heterocycles. The number of esters is 1. The standard InChI is InChI=1S/C15H25IO3/c1-5-14(4,16)13(17)19-12-7-11-6-10(12)8-15(11,18)9(2)3/h9-12,18H,5-8H2,1-4H3. The number of fused-ring (bicyclic) bond motifs is 2. The van der Waals surface area contributed by atoms with E-state index in [4.69, 9.17) is 4.74 Å². The predicted molar refractivity (Wildman–Crippen MR) is 83.2 cm³/mol. The maximum absolute atomic E-state index is 12.1. The highest BCUT2D eigenvalue weighted by Gasteiger charge is 2.57. The van der Waals surface area contributed by atoms with Crippen LogP contribution in [0.4, 0.5) is 0 Å². The van der Waals surface area contributed by atoms with Gasteiger partial charge in [-0.1, -0.05) is 43.4 Å². The Kier molecular flexibility index (Phi) is 4.23. The van der Waals surface area contributed by atoms with Crippen LogP contribution in [0.15, 0.2) is 0 Å². The lowest BCUT2D eigenvalue weighted by molar-refractivity contribution is -0.158. The monoisotopic (exact) mass is 380 g/mol. The lowest BCUT2D eigenvalue weighted by atomic mass is 9.75. The lowest BCUT2D eigenvalue weighted by Gasteiger charge is -2.39. The van der Waals surface area contributed by atoms with Crippen LogP contribution in [0.5, 0.6) is 0 Å². The highest BCUT2D eigenvalue weighted by Crippen LogP contribution is 2.54. The summed E-state index contributed by atoms with van der Waals surface area (Å²) in [5.74, 6) is 0.841. The Morgan fingerprint density at radius 2 is 2.16 bits per heavy atom. The van der Waals surface area contributed by atoms with Gasteiger partial charge in [0.05, 0.1) is 5.60 Å². The van der Waals surface area contributed by atoms with Gasteiger partial charge in [0.1, 0.15) is 9.53 Å². The summed E-state index contributed by atoms with van der Waals surface area (Å²) < 4.78 is 5.29. The molecule has 4 heteroatoms. The van der Waals surface area contributed by atoms with E-state index in [1.54, 1.807) is 0 Å². The topological polar surface area (TPSA) is 46.5 Å². The van der Waals surface area contributed by atoms with E-state index in [0.29, 0.717) is 11.8 Å². The lowest BCUT2D eigenvalue weighted by Crippen LogP contribution is -2.45. The fourth-order valence-corrected chi connectivity index (χ4v) is 3.68. The first-order valence-electron chi connectivity index (χ1n) is 7.33. The minimum Gasteiger partial charge on any atom is -0.461 e. The van der Waals surface area contributed by atoms with Crippen molar-refractivity contribution in [3.8, 4) is 0 Å². The van der Waals surface area contributed by atoms with Crippen LogP contribution in [0.1, 0.15) is 53.4 Å². The number of carbonyl (C=O) groups is 1. The first kappa shape index (κ1) is 15.5. The molecular weight excluding hydrogens is 355 g/mol. The molecule has 2 aliphatic rings. The van der Waals surface area contributed by atoms with Crippen molar-refractivity contribution in [2.24, 2.45) is 17.8 Å². The Morgan fingerprint density at radius 3 is 2.58 bits per heavy atom. The predicted octanol–water partition coefficient (Wildman–Crippen LogP) is 3.32. The van der Waals surface area contributed by atoms with E-state index in [2.05, 4.69) is 36.4 Å². The fourth-order valence-electron chi connectivity index (χ4n) is 3.55. The second-order valence-electron chi connectivity index (χ2n) is 6.77. The van der Waals surface area contributed by atoms with E-state index in [9.17, 15) is 9.90 Å². The normalized spacial score (nSPS) is 40.5. The van der Waals surface area contributed by atoms with Gasteiger partial charge in [0.25, 0.3) is 0 Å². The van der Waals surface area contributed by atoms with Gasteiger partial charge in [-0.2, -0.15) is 0 Å². The summed E-state index contributed by atoms with van der Waals surface area (Å²) in [5, 5.41) is 10.7. The highest BCUT2D eigenvalue weighted by molar-refractivity contribution is 14.1. The van der Waals surface area contributed by atoms with Gasteiger partial charge in [-0.15, -0.1) is 0 Å². The molecule has 2 aliphatic carbocycles. The van der Waals surface area contributed by atoms with Crippen molar-refractivity contribution in [1.82, 2.24) is 0 Å². The number of ether oxygens (including phenoxy) is 1. The Balaban J connectivity index is 1.97. The summed E-state index contributed by atoms with van der Waals surface area (Å²) in [5.41, 5.74) is -0.536. The van der Waals surface area contributed by atoms with Gasteiger partial charge in [0, 0.05) is 0 Å². The quantitative estimate of drug-likeness (QED) is 0.463. The van der Waals surface area contributed by atoms with Gasteiger partial charge in [-0.05, 0) is 50.4 Å². The van der Waals surface area contributed by atoms with Crippen LogP contribution in [0.25, 0.3) is 0 Å². The van der Waals surface area contributed by atoms with Gasteiger partial charge < -0.3 is 9.84 Å². The molecule has 0 aromatic heterocycles. The minimum atomic E-state index is -0.536. The molecule has 5 unspecified atom stereocenters. The van der Waals surface area contributed by atoms with Crippen LogP contribution in [0, 0.1) is 17.8 Å². The third kappa shape index (κ3) is 2.67. The van der Waals surface area contributed by atoms with E-state index in [-0.39, 0.29) is 18.0 Å². The molecule has 5 atom stereocenters. The van der Waals surface area contributed by atoms with Crippen LogP contribution in [0.2, 0.25) is 0 Å². The summed E-state index contributed by atoms with van der Waals surface area (Å²) in [7, 11) is 0. The molecule has 2 bridgehead atoms.